The molecule has 5 aromatic carbocycles. The van der Waals surface area contributed by atoms with E-state index in [1.807, 2.05) is 0 Å². The van der Waals surface area contributed by atoms with Crippen molar-refractivity contribution in [3.63, 3.8) is 0 Å². The second-order valence-corrected chi connectivity index (χ2v) is 24.7. The van der Waals surface area contributed by atoms with Crippen LogP contribution in [0.2, 0.25) is 5.31 Å². The number of rotatable bonds is 3. The number of allylic oxidation sites excluding steroid dienone is 2. The van der Waals surface area contributed by atoms with Crippen LogP contribution in [-0.4, -0.2) is 12.8 Å². The second-order valence-electron chi connectivity index (χ2n) is 24.7. The van der Waals surface area contributed by atoms with E-state index in [1.165, 1.54) is 95.8 Å². The molecule has 6 aromatic rings. The van der Waals surface area contributed by atoms with Crippen molar-refractivity contribution in [1.29, 1.82) is 0 Å². The highest BCUT2D eigenvalue weighted by Crippen LogP contribution is 2.62. The van der Waals surface area contributed by atoms with Gasteiger partial charge in [-0.05, 0) is 153 Å². The molecular weight excluding hydrogens is 787 g/mol. The molecule has 0 bridgehead atoms. The minimum Gasteiger partial charge on any atom is -0.468 e. The first-order chi connectivity index (χ1) is 30.5. The first kappa shape index (κ1) is 42.4. The summed E-state index contributed by atoms with van der Waals surface area (Å²) < 4.78 is 7.75. The quantitative estimate of drug-likeness (QED) is 0.165. The minimum atomic E-state index is -0.436. The number of hydrogen-bond acceptors (Lipinski definition) is 3. The molecule has 3 aliphatic carbocycles. The summed E-state index contributed by atoms with van der Waals surface area (Å²) in [7, 11) is 0. The number of hydrogen-bond donors (Lipinski definition) is 0. The van der Waals surface area contributed by atoms with Crippen molar-refractivity contribution in [2.45, 2.75) is 161 Å². The maximum absolute atomic E-state index is 7.75. The third kappa shape index (κ3) is 6.13. The summed E-state index contributed by atoms with van der Waals surface area (Å²) in [5, 5.41) is 0.784. The van der Waals surface area contributed by atoms with Gasteiger partial charge in [0, 0.05) is 33.3 Å². The van der Waals surface area contributed by atoms with E-state index in [0.717, 1.165) is 30.5 Å². The van der Waals surface area contributed by atoms with Crippen molar-refractivity contribution in [3.8, 4) is 11.1 Å². The Labute approximate surface area is 390 Å². The number of fused-ring (bicyclic) bond motifs is 8. The Morgan fingerprint density at radius 1 is 0.631 bits per heavy atom. The summed E-state index contributed by atoms with van der Waals surface area (Å²) in [4.78, 5) is 5.41. The predicted octanol–water partition coefficient (Wildman–Crippen LogP) is 15.3. The average Bonchev–Trinajstić information content (AvgIpc) is 3.61. The highest BCUT2D eigenvalue weighted by atomic mass is 16.3. The maximum Gasteiger partial charge on any atom is 0.275 e. The van der Waals surface area contributed by atoms with Crippen LogP contribution in [0.1, 0.15) is 149 Å². The topological polar surface area (TPSA) is 19.6 Å². The summed E-state index contributed by atoms with van der Waals surface area (Å²) in [6.07, 6.45) is 9.76. The zero-order chi connectivity index (χ0) is 46.0. The molecule has 65 heavy (non-hydrogen) atoms. The monoisotopic (exact) mass is 857 g/mol. The fourth-order valence-corrected chi connectivity index (χ4v) is 13.0. The molecule has 0 saturated heterocycles. The molecule has 2 aliphatic heterocycles. The third-order valence-electron chi connectivity index (χ3n) is 17.3. The largest absolute Gasteiger partial charge is 0.468 e. The number of aryl methyl sites for hydroxylation is 1. The second kappa shape index (κ2) is 13.7. The summed E-state index contributed by atoms with van der Waals surface area (Å²) >= 11 is 0. The molecular formula is C61H69BN2O. The lowest BCUT2D eigenvalue weighted by molar-refractivity contribution is 0.332. The van der Waals surface area contributed by atoms with Gasteiger partial charge in [0.25, 0.3) is 6.71 Å². The van der Waals surface area contributed by atoms with Crippen molar-refractivity contribution in [2.75, 3.05) is 9.80 Å². The zero-order valence-corrected chi connectivity index (χ0v) is 41.7. The fraction of sp³-hybridized carbons (Fsp3) is 0.410. The molecule has 0 amide bonds. The molecule has 2 atom stereocenters. The van der Waals surface area contributed by atoms with Gasteiger partial charge in [-0.2, -0.15) is 0 Å². The minimum absolute atomic E-state index is 0.00170. The zero-order valence-electron chi connectivity index (χ0n) is 41.7. The van der Waals surface area contributed by atoms with E-state index >= 15 is 0 Å². The molecule has 0 fully saturated rings. The normalized spacial score (nSPS) is 23.2. The van der Waals surface area contributed by atoms with Crippen LogP contribution in [0, 0.1) is 6.92 Å². The van der Waals surface area contributed by atoms with E-state index in [4.69, 9.17) is 4.42 Å². The standard InChI is InChI=1S/C61H69BN2O/c1-37-20-25-42(39-18-16-15-17-19-39)49(30-37)64-53-32-38(2)31-52-61(53,14)62(55-54(64)43-33-44-47(36-51(43)65-55)60(12,13)29-26-57(44,6)7)48-34-45-46(59(10,11)28-27-58(45,8)9)35-50(48)63(52)41-23-21-40(22-24-41)56(3,4)5/h15-25,30-36,52H,26-29H2,1-14H3. The van der Waals surface area contributed by atoms with Crippen molar-refractivity contribution < 1.29 is 4.42 Å². The van der Waals surface area contributed by atoms with Crippen LogP contribution in [-0.2, 0) is 27.1 Å². The van der Waals surface area contributed by atoms with Crippen molar-refractivity contribution in [2.24, 2.45) is 0 Å². The molecule has 4 heteroatoms. The van der Waals surface area contributed by atoms with E-state index in [2.05, 4.69) is 216 Å². The van der Waals surface area contributed by atoms with Crippen molar-refractivity contribution in [1.82, 2.24) is 0 Å². The molecule has 11 rings (SSSR count). The summed E-state index contributed by atoms with van der Waals surface area (Å²) in [5.74, 6) is 0. The lowest BCUT2D eigenvalue weighted by Crippen LogP contribution is -2.68. The predicted molar refractivity (Wildman–Crippen MR) is 278 cm³/mol. The Morgan fingerprint density at radius 2 is 1.22 bits per heavy atom. The number of furan rings is 1. The van der Waals surface area contributed by atoms with E-state index in [-0.39, 0.29) is 39.8 Å². The molecule has 3 heterocycles. The van der Waals surface area contributed by atoms with Gasteiger partial charge >= 0.3 is 0 Å². The van der Waals surface area contributed by atoms with E-state index < -0.39 is 5.31 Å². The molecule has 3 nitrogen and oxygen atoms in total. The number of anilines is 4. The Bertz CT molecular complexity index is 3020. The molecule has 2 unspecified atom stereocenters. The summed E-state index contributed by atoms with van der Waals surface area (Å²) in [6, 6.07) is 38.0. The van der Waals surface area contributed by atoms with Gasteiger partial charge in [-0.3, -0.25) is 0 Å². The SMILES string of the molecule is CC1=CC2N(c3ccc(C(C)(C)C)cc3)c3cc4c(cc3B3c5oc6cc7c(cc6c5N(c5cc(C)ccc5-c5ccccc5)C(=C1)C32C)C(C)(C)CCC7(C)C)C(C)(C)CCC4(C)C. The van der Waals surface area contributed by atoms with E-state index in [0.29, 0.717) is 0 Å². The Morgan fingerprint density at radius 3 is 1.83 bits per heavy atom. The first-order valence-electron chi connectivity index (χ1n) is 24.6. The van der Waals surface area contributed by atoms with Gasteiger partial charge in [0.2, 0.25) is 0 Å². The maximum atomic E-state index is 7.75. The Hall–Kier alpha value is -5.22. The van der Waals surface area contributed by atoms with Crippen LogP contribution in [0.5, 0.6) is 0 Å². The molecule has 0 saturated carbocycles. The van der Waals surface area contributed by atoms with Gasteiger partial charge in [0.1, 0.15) is 5.58 Å². The van der Waals surface area contributed by atoms with Gasteiger partial charge in [-0.25, -0.2) is 0 Å². The first-order valence-corrected chi connectivity index (χ1v) is 24.6. The van der Waals surface area contributed by atoms with Gasteiger partial charge in [0.05, 0.1) is 23.1 Å². The van der Waals surface area contributed by atoms with Crippen LogP contribution < -0.4 is 20.9 Å². The van der Waals surface area contributed by atoms with E-state index in [1.54, 1.807) is 0 Å². The molecule has 0 spiro atoms. The smallest absolute Gasteiger partial charge is 0.275 e. The highest BCUT2D eigenvalue weighted by molar-refractivity contribution is 6.91. The summed E-state index contributed by atoms with van der Waals surface area (Å²) in [6.45, 7) is 33.7. The molecule has 0 radical (unpaired) electrons. The van der Waals surface area contributed by atoms with Gasteiger partial charge in [-0.15, -0.1) is 0 Å². The Kier molecular flexibility index (Phi) is 8.93. The van der Waals surface area contributed by atoms with Crippen LogP contribution in [0.15, 0.2) is 125 Å². The molecule has 332 valence electrons. The van der Waals surface area contributed by atoms with Crippen LogP contribution in [0.3, 0.4) is 0 Å². The van der Waals surface area contributed by atoms with Crippen LogP contribution in [0.25, 0.3) is 22.1 Å². The van der Waals surface area contributed by atoms with Crippen molar-refractivity contribution >= 4 is 51.6 Å². The van der Waals surface area contributed by atoms with Crippen LogP contribution >= 0.6 is 0 Å². The molecule has 5 aliphatic rings. The number of benzene rings is 5. The van der Waals surface area contributed by atoms with Gasteiger partial charge in [-0.1, -0.05) is 155 Å². The summed E-state index contributed by atoms with van der Waals surface area (Å²) in [5.41, 5.74) is 22.2. The van der Waals surface area contributed by atoms with Crippen LogP contribution in [0.4, 0.5) is 22.7 Å². The lowest BCUT2D eigenvalue weighted by atomic mass is 9.23. The molecule has 1 aromatic heterocycles. The van der Waals surface area contributed by atoms with Gasteiger partial charge < -0.3 is 14.2 Å². The lowest BCUT2D eigenvalue weighted by Gasteiger charge is -2.58. The van der Waals surface area contributed by atoms with Gasteiger partial charge in [0.15, 0.2) is 0 Å². The van der Waals surface area contributed by atoms with Crippen molar-refractivity contribution in [3.05, 3.63) is 154 Å². The molecule has 0 N–H and O–H groups in total. The van der Waals surface area contributed by atoms with E-state index in [9.17, 15) is 0 Å². The third-order valence-corrected chi connectivity index (χ3v) is 17.3. The highest BCUT2D eigenvalue weighted by Gasteiger charge is 2.63. The fourth-order valence-electron chi connectivity index (χ4n) is 13.0. The Balaban J connectivity index is 1.29. The average molecular weight is 857 g/mol. The number of nitrogens with zero attached hydrogens (tertiary/aromatic N) is 2.